The summed E-state index contributed by atoms with van der Waals surface area (Å²) < 4.78 is 25.0. The molecule has 0 amide bonds. The molecule has 0 aromatic rings. The summed E-state index contributed by atoms with van der Waals surface area (Å²) >= 11 is 0. The minimum atomic E-state index is -3.00. The molecular formula is C16H32N4O2S. The van der Waals surface area contributed by atoms with Crippen LogP contribution in [0.3, 0.4) is 0 Å². The van der Waals surface area contributed by atoms with Crippen molar-refractivity contribution >= 4 is 16.0 Å². The van der Waals surface area contributed by atoms with Crippen LogP contribution in [0, 0.1) is 11.8 Å². The second-order valence-corrected chi connectivity index (χ2v) is 9.01. The number of hydrogen-bond acceptors (Lipinski definition) is 3. The highest BCUT2D eigenvalue weighted by Gasteiger charge is 2.27. The molecular weight excluding hydrogens is 312 g/mol. The van der Waals surface area contributed by atoms with E-state index in [2.05, 4.69) is 22.5 Å². The Hall–Kier alpha value is -0.820. The van der Waals surface area contributed by atoms with Crippen LogP contribution in [-0.2, 0) is 10.0 Å². The standard InChI is InChI=1S/C16H32N4O2S/c1-14-5-3-6-15(13-14)7-8-18-16(17-2)19-9-11-20-10-4-12-23(20,21)22/h14-15H,3-13H2,1-2H3,(H2,17,18,19). The van der Waals surface area contributed by atoms with E-state index in [1.807, 2.05) is 0 Å². The van der Waals surface area contributed by atoms with Crippen molar-refractivity contribution in [2.24, 2.45) is 16.8 Å². The van der Waals surface area contributed by atoms with E-state index < -0.39 is 10.0 Å². The third-order valence-electron chi connectivity index (χ3n) is 4.97. The first kappa shape index (κ1) is 18.5. The molecule has 7 heteroatoms. The fraction of sp³-hybridized carbons (Fsp3) is 0.938. The van der Waals surface area contributed by atoms with Gasteiger partial charge in [0.25, 0.3) is 0 Å². The zero-order valence-corrected chi connectivity index (χ0v) is 15.4. The molecule has 1 aliphatic heterocycles. The summed E-state index contributed by atoms with van der Waals surface area (Å²) in [5.41, 5.74) is 0. The van der Waals surface area contributed by atoms with E-state index in [4.69, 9.17) is 0 Å². The molecule has 2 aliphatic rings. The largest absolute Gasteiger partial charge is 0.356 e. The fourth-order valence-electron chi connectivity index (χ4n) is 3.68. The number of guanidine groups is 1. The van der Waals surface area contributed by atoms with Crippen LogP contribution >= 0.6 is 0 Å². The van der Waals surface area contributed by atoms with Gasteiger partial charge in [-0.25, -0.2) is 12.7 Å². The van der Waals surface area contributed by atoms with E-state index in [9.17, 15) is 8.42 Å². The van der Waals surface area contributed by atoms with E-state index >= 15 is 0 Å². The van der Waals surface area contributed by atoms with Gasteiger partial charge in [0.1, 0.15) is 0 Å². The lowest BCUT2D eigenvalue weighted by Crippen LogP contribution is -2.42. The average Bonchev–Trinajstić information content (AvgIpc) is 2.84. The van der Waals surface area contributed by atoms with Gasteiger partial charge < -0.3 is 10.6 Å². The predicted molar refractivity (Wildman–Crippen MR) is 95.1 cm³/mol. The summed E-state index contributed by atoms with van der Waals surface area (Å²) in [4.78, 5) is 4.21. The lowest BCUT2D eigenvalue weighted by atomic mass is 9.81. The van der Waals surface area contributed by atoms with Crippen LogP contribution in [0.1, 0.15) is 45.4 Å². The summed E-state index contributed by atoms with van der Waals surface area (Å²) in [5, 5.41) is 6.56. The van der Waals surface area contributed by atoms with Crippen molar-refractivity contribution in [2.45, 2.75) is 45.4 Å². The quantitative estimate of drug-likeness (QED) is 0.564. The number of nitrogens with one attached hydrogen (secondary N) is 2. The van der Waals surface area contributed by atoms with Crippen LogP contribution < -0.4 is 10.6 Å². The van der Waals surface area contributed by atoms with Gasteiger partial charge in [0.2, 0.25) is 10.0 Å². The van der Waals surface area contributed by atoms with Gasteiger partial charge in [0, 0.05) is 33.2 Å². The zero-order chi connectivity index (χ0) is 16.7. The van der Waals surface area contributed by atoms with Crippen LogP contribution in [0.2, 0.25) is 0 Å². The zero-order valence-electron chi connectivity index (χ0n) is 14.6. The van der Waals surface area contributed by atoms with E-state index in [0.29, 0.717) is 25.4 Å². The Labute approximate surface area is 141 Å². The minimum absolute atomic E-state index is 0.291. The highest BCUT2D eigenvalue weighted by molar-refractivity contribution is 7.89. The molecule has 2 rings (SSSR count). The third-order valence-corrected chi connectivity index (χ3v) is 6.93. The first-order valence-corrected chi connectivity index (χ1v) is 10.5. The van der Waals surface area contributed by atoms with Crippen molar-refractivity contribution in [1.29, 1.82) is 0 Å². The lowest BCUT2D eigenvalue weighted by Gasteiger charge is -2.27. The van der Waals surface area contributed by atoms with E-state index in [0.717, 1.165) is 30.8 Å². The van der Waals surface area contributed by atoms with Crippen molar-refractivity contribution in [3.63, 3.8) is 0 Å². The minimum Gasteiger partial charge on any atom is -0.356 e. The van der Waals surface area contributed by atoms with E-state index in [1.165, 1.54) is 32.1 Å². The summed E-state index contributed by atoms with van der Waals surface area (Å²) in [5.74, 6) is 2.76. The van der Waals surface area contributed by atoms with Gasteiger partial charge in [-0.15, -0.1) is 0 Å². The second kappa shape index (κ2) is 8.87. The smallest absolute Gasteiger partial charge is 0.214 e. The molecule has 0 aromatic heterocycles. The summed E-state index contributed by atoms with van der Waals surface area (Å²) in [6.45, 7) is 5.05. The van der Waals surface area contributed by atoms with E-state index in [-0.39, 0.29) is 0 Å². The van der Waals surface area contributed by atoms with Crippen molar-refractivity contribution in [1.82, 2.24) is 14.9 Å². The summed E-state index contributed by atoms with van der Waals surface area (Å²) in [7, 11) is -1.24. The Balaban J connectivity index is 1.62. The first-order valence-electron chi connectivity index (χ1n) is 8.93. The van der Waals surface area contributed by atoms with Crippen LogP contribution in [0.15, 0.2) is 4.99 Å². The Morgan fingerprint density at radius 1 is 1.22 bits per heavy atom. The van der Waals surface area contributed by atoms with Gasteiger partial charge in [-0.05, 0) is 31.1 Å². The molecule has 2 unspecified atom stereocenters. The van der Waals surface area contributed by atoms with Crippen LogP contribution in [0.25, 0.3) is 0 Å². The summed E-state index contributed by atoms with van der Waals surface area (Å²) in [6.07, 6.45) is 7.38. The number of nitrogens with zero attached hydrogens (tertiary/aromatic N) is 2. The van der Waals surface area contributed by atoms with Gasteiger partial charge >= 0.3 is 0 Å². The monoisotopic (exact) mass is 344 g/mol. The molecule has 2 atom stereocenters. The molecule has 1 heterocycles. The molecule has 0 radical (unpaired) electrons. The molecule has 2 N–H and O–H groups in total. The number of rotatable bonds is 6. The molecule has 1 saturated carbocycles. The molecule has 23 heavy (non-hydrogen) atoms. The van der Waals surface area contributed by atoms with Crippen molar-refractivity contribution in [3.8, 4) is 0 Å². The molecule has 6 nitrogen and oxygen atoms in total. The maximum Gasteiger partial charge on any atom is 0.214 e. The van der Waals surface area contributed by atoms with Gasteiger partial charge in [-0.2, -0.15) is 0 Å². The van der Waals surface area contributed by atoms with Crippen molar-refractivity contribution < 1.29 is 8.42 Å². The SMILES string of the molecule is CN=C(NCCC1CCCC(C)C1)NCCN1CCCS1(=O)=O. The normalized spacial score (nSPS) is 28.7. The number of aliphatic imine (C=N–C) groups is 1. The Morgan fingerprint density at radius 2 is 2.00 bits per heavy atom. The van der Waals surface area contributed by atoms with Crippen molar-refractivity contribution in [2.75, 3.05) is 39.0 Å². The maximum atomic E-state index is 11.7. The Morgan fingerprint density at radius 3 is 2.65 bits per heavy atom. The van der Waals surface area contributed by atoms with Crippen LogP contribution in [0.4, 0.5) is 0 Å². The highest BCUT2D eigenvalue weighted by Crippen LogP contribution is 2.30. The molecule has 0 spiro atoms. The van der Waals surface area contributed by atoms with Gasteiger partial charge in [0.05, 0.1) is 5.75 Å². The van der Waals surface area contributed by atoms with Gasteiger partial charge in [-0.1, -0.05) is 26.2 Å². The third kappa shape index (κ3) is 5.95. The molecule has 0 aromatic carbocycles. The predicted octanol–water partition coefficient (Wildman–Crippen LogP) is 1.40. The highest BCUT2D eigenvalue weighted by atomic mass is 32.2. The number of sulfonamides is 1. The van der Waals surface area contributed by atoms with E-state index in [1.54, 1.807) is 11.4 Å². The summed E-state index contributed by atoms with van der Waals surface area (Å²) in [6, 6.07) is 0. The lowest BCUT2D eigenvalue weighted by molar-refractivity contribution is 0.270. The van der Waals surface area contributed by atoms with Crippen LogP contribution in [-0.4, -0.2) is 57.7 Å². The first-order chi connectivity index (χ1) is 11.0. The Kier molecular flexibility index (Phi) is 7.14. The van der Waals surface area contributed by atoms with Gasteiger partial charge in [0.15, 0.2) is 5.96 Å². The second-order valence-electron chi connectivity index (χ2n) is 6.92. The van der Waals surface area contributed by atoms with Crippen molar-refractivity contribution in [3.05, 3.63) is 0 Å². The van der Waals surface area contributed by atoms with Crippen LogP contribution in [0.5, 0.6) is 0 Å². The Bertz CT molecular complexity index is 492. The topological polar surface area (TPSA) is 73.8 Å². The molecule has 0 bridgehead atoms. The molecule has 1 aliphatic carbocycles. The maximum absolute atomic E-state index is 11.7. The molecule has 134 valence electrons. The fourth-order valence-corrected chi connectivity index (χ4v) is 5.21. The number of hydrogen-bond donors (Lipinski definition) is 2. The molecule has 2 fully saturated rings. The molecule has 1 saturated heterocycles. The van der Waals surface area contributed by atoms with Gasteiger partial charge in [-0.3, -0.25) is 4.99 Å². The average molecular weight is 345 g/mol.